The average molecular weight is 313 g/mol. The molecule has 0 spiro atoms. The van der Waals surface area contributed by atoms with Crippen LogP contribution in [0.3, 0.4) is 0 Å². The van der Waals surface area contributed by atoms with E-state index in [0.717, 1.165) is 0 Å². The number of hydrogen-bond acceptors (Lipinski definition) is 2. The van der Waals surface area contributed by atoms with E-state index in [4.69, 9.17) is 5.73 Å². The van der Waals surface area contributed by atoms with Crippen LogP contribution in [-0.4, -0.2) is 11.8 Å². The Kier molecular flexibility index (Phi) is 3.70. The predicted octanol–water partition coefficient (Wildman–Crippen LogP) is 2.89. The molecule has 1 rings (SSSR count). The van der Waals surface area contributed by atoms with Gasteiger partial charge in [-0.2, -0.15) is 0 Å². The molecule has 0 saturated heterocycles. The summed E-state index contributed by atoms with van der Waals surface area (Å²) in [6.07, 6.45) is 0. The molecular formula is C8H8Br2FNO. The lowest BCUT2D eigenvalue weighted by Crippen LogP contribution is -2.12. The Morgan fingerprint density at radius 3 is 2.23 bits per heavy atom. The summed E-state index contributed by atoms with van der Waals surface area (Å²) in [6, 6.07) is 2.56. The van der Waals surface area contributed by atoms with Crippen LogP contribution in [0.4, 0.5) is 4.39 Å². The van der Waals surface area contributed by atoms with E-state index in [0.29, 0.717) is 14.5 Å². The summed E-state index contributed by atoms with van der Waals surface area (Å²) < 4.78 is 13.2. The van der Waals surface area contributed by atoms with Crippen molar-refractivity contribution in [2.45, 2.75) is 6.04 Å². The maximum atomic E-state index is 12.2. The number of rotatable bonds is 2. The highest BCUT2D eigenvalue weighted by Crippen LogP contribution is 2.34. The number of nitrogens with two attached hydrogens (primary N) is 1. The van der Waals surface area contributed by atoms with Crippen LogP contribution in [0.5, 0.6) is 5.75 Å². The average Bonchev–Trinajstić information content (AvgIpc) is 2.12. The van der Waals surface area contributed by atoms with Crippen molar-refractivity contribution in [1.29, 1.82) is 0 Å². The van der Waals surface area contributed by atoms with Gasteiger partial charge in [-0.3, -0.25) is 0 Å². The Balaban J connectivity index is 3.13. The summed E-state index contributed by atoms with van der Waals surface area (Å²) in [5, 5.41) is 9.36. The molecule has 0 amide bonds. The van der Waals surface area contributed by atoms with Crippen LogP contribution in [0, 0.1) is 0 Å². The molecule has 5 heteroatoms. The molecule has 1 aromatic rings. The van der Waals surface area contributed by atoms with Crippen molar-refractivity contribution in [1.82, 2.24) is 0 Å². The smallest absolute Gasteiger partial charge is 0.143 e. The number of alkyl halides is 1. The molecule has 1 atom stereocenters. The quantitative estimate of drug-likeness (QED) is 0.882. The van der Waals surface area contributed by atoms with Gasteiger partial charge in [-0.15, -0.1) is 0 Å². The fourth-order valence-electron chi connectivity index (χ4n) is 0.888. The number of phenols is 1. The van der Waals surface area contributed by atoms with Crippen LogP contribution in [0.15, 0.2) is 21.1 Å². The monoisotopic (exact) mass is 311 g/mol. The van der Waals surface area contributed by atoms with Crippen molar-refractivity contribution < 1.29 is 9.50 Å². The van der Waals surface area contributed by atoms with E-state index < -0.39 is 12.7 Å². The van der Waals surface area contributed by atoms with Crippen LogP contribution in [-0.2, 0) is 0 Å². The minimum absolute atomic E-state index is 0.0924. The molecule has 3 N–H and O–H groups in total. The van der Waals surface area contributed by atoms with E-state index in [-0.39, 0.29) is 5.75 Å². The van der Waals surface area contributed by atoms with E-state index in [1.165, 1.54) is 0 Å². The van der Waals surface area contributed by atoms with Crippen LogP contribution in [0.2, 0.25) is 0 Å². The van der Waals surface area contributed by atoms with Crippen molar-refractivity contribution >= 4 is 31.9 Å². The largest absolute Gasteiger partial charge is 0.506 e. The predicted molar refractivity (Wildman–Crippen MR) is 56.4 cm³/mol. The molecule has 72 valence electrons. The standard InChI is InChI=1S/C8H8Br2FNO/c9-5-1-4(7(12)3-11)2-6(10)8(5)13/h1-2,7,13H,3,12H2. The lowest BCUT2D eigenvalue weighted by atomic mass is 10.1. The summed E-state index contributed by atoms with van der Waals surface area (Å²) in [6.45, 7) is -0.621. The van der Waals surface area contributed by atoms with E-state index in [1.807, 2.05) is 0 Å². The Morgan fingerprint density at radius 2 is 1.85 bits per heavy atom. The Hall–Kier alpha value is -0.130. The van der Waals surface area contributed by atoms with Gasteiger partial charge in [0.05, 0.1) is 15.0 Å². The first-order chi connectivity index (χ1) is 6.06. The van der Waals surface area contributed by atoms with Crippen molar-refractivity contribution in [2.75, 3.05) is 6.67 Å². The molecule has 0 aliphatic carbocycles. The zero-order chi connectivity index (χ0) is 10.0. The van der Waals surface area contributed by atoms with Gasteiger partial charge in [0.2, 0.25) is 0 Å². The third-order valence-electron chi connectivity index (χ3n) is 1.63. The second kappa shape index (κ2) is 4.39. The number of phenolic OH excluding ortho intramolecular Hbond substituents is 1. The Morgan fingerprint density at radius 1 is 1.38 bits per heavy atom. The van der Waals surface area contributed by atoms with Crippen LogP contribution in [0.1, 0.15) is 11.6 Å². The summed E-state index contributed by atoms with van der Waals surface area (Å²) in [5.74, 6) is 0.0924. The zero-order valence-corrected chi connectivity index (χ0v) is 9.77. The lowest BCUT2D eigenvalue weighted by molar-refractivity contribution is 0.435. The maximum Gasteiger partial charge on any atom is 0.143 e. The lowest BCUT2D eigenvalue weighted by Gasteiger charge is -2.09. The van der Waals surface area contributed by atoms with Crippen molar-refractivity contribution in [3.05, 3.63) is 26.6 Å². The molecule has 0 aliphatic rings. The second-order valence-corrected chi connectivity index (χ2v) is 4.30. The van der Waals surface area contributed by atoms with Crippen LogP contribution < -0.4 is 5.73 Å². The van der Waals surface area contributed by atoms with E-state index in [9.17, 15) is 9.50 Å². The summed E-state index contributed by atoms with van der Waals surface area (Å²) in [4.78, 5) is 0. The third-order valence-corrected chi connectivity index (χ3v) is 2.84. The van der Waals surface area contributed by atoms with Gasteiger partial charge < -0.3 is 10.8 Å². The first kappa shape index (κ1) is 10.9. The SMILES string of the molecule is NC(CF)c1cc(Br)c(O)c(Br)c1. The highest BCUT2D eigenvalue weighted by atomic mass is 79.9. The van der Waals surface area contributed by atoms with E-state index in [2.05, 4.69) is 31.9 Å². The first-order valence-corrected chi connectivity index (χ1v) is 5.14. The third kappa shape index (κ3) is 2.42. The van der Waals surface area contributed by atoms with Gasteiger partial charge >= 0.3 is 0 Å². The molecule has 0 fully saturated rings. The molecule has 1 unspecified atom stereocenters. The molecule has 13 heavy (non-hydrogen) atoms. The number of benzene rings is 1. The summed E-state index contributed by atoms with van der Waals surface area (Å²) >= 11 is 6.27. The van der Waals surface area contributed by atoms with Crippen molar-refractivity contribution in [3.63, 3.8) is 0 Å². The van der Waals surface area contributed by atoms with E-state index >= 15 is 0 Å². The molecule has 0 saturated carbocycles. The van der Waals surface area contributed by atoms with Gasteiger partial charge in [0.25, 0.3) is 0 Å². The van der Waals surface area contributed by atoms with Gasteiger partial charge in [-0.1, -0.05) is 0 Å². The summed E-state index contributed by atoms with van der Waals surface area (Å²) in [7, 11) is 0. The number of halogens is 3. The van der Waals surface area contributed by atoms with Gasteiger partial charge in [-0.05, 0) is 49.6 Å². The molecule has 0 aliphatic heterocycles. The highest BCUT2D eigenvalue weighted by Gasteiger charge is 2.10. The number of aromatic hydroxyl groups is 1. The molecule has 2 nitrogen and oxygen atoms in total. The van der Waals surface area contributed by atoms with Crippen LogP contribution in [0.25, 0.3) is 0 Å². The minimum atomic E-state index is -0.645. The van der Waals surface area contributed by atoms with Gasteiger partial charge in [-0.25, -0.2) is 4.39 Å². The van der Waals surface area contributed by atoms with Crippen molar-refractivity contribution in [3.8, 4) is 5.75 Å². The molecule has 1 aromatic carbocycles. The van der Waals surface area contributed by atoms with E-state index in [1.54, 1.807) is 12.1 Å². The maximum absolute atomic E-state index is 12.2. The molecular weight excluding hydrogens is 305 g/mol. The Labute approximate surface area is 92.2 Å². The molecule has 0 aromatic heterocycles. The minimum Gasteiger partial charge on any atom is -0.506 e. The second-order valence-electron chi connectivity index (χ2n) is 2.59. The number of hydrogen-bond donors (Lipinski definition) is 2. The Bertz CT molecular complexity index is 296. The zero-order valence-electron chi connectivity index (χ0n) is 6.60. The van der Waals surface area contributed by atoms with Crippen LogP contribution >= 0.6 is 31.9 Å². The molecule has 0 radical (unpaired) electrons. The topological polar surface area (TPSA) is 46.2 Å². The van der Waals surface area contributed by atoms with Gasteiger partial charge in [0, 0.05) is 0 Å². The molecule has 0 heterocycles. The van der Waals surface area contributed by atoms with Gasteiger partial charge in [0.1, 0.15) is 12.4 Å². The fraction of sp³-hybridized carbons (Fsp3) is 0.250. The first-order valence-electron chi connectivity index (χ1n) is 3.55. The van der Waals surface area contributed by atoms with Crippen molar-refractivity contribution in [2.24, 2.45) is 5.73 Å². The summed E-state index contributed by atoms with van der Waals surface area (Å²) in [5.41, 5.74) is 6.12. The fourth-order valence-corrected chi connectivity index (χ4v) is 2.11. The van der Waals surface area contributed by atoms with Gasteiger partial charge in [0.15, 0.2) is 0 Å². The molecule has 0 bridgehead atoms. The highest BCUT2D eigenvalue weighted by molar-refractivity contribution is 9.11. The normalized spacial score (nSPS) is 12.9.